The quantitative estimate of drug-likeness (QED) is 0.258. The third-order valence-corrected chi connectivity index (χ3v) is 0. The zero-order valence-corrected chi connectivity index (χ0v) is 13.3. The van der Waals surface area contributed by atoms with Gasteiger partial charge in [0.2, 0.25) is 10.4 Å². The van der Waals surface area contributed by atoms with Crippen molar-refractivity contribution in [1.82, 2.24) is 0 Å². The summed E-state index contributed by atoms with van der Waals surface area (Å²) in [5, 5.41) is 0. The van der Waals surface area contributed by atoms with Crippen LogP contribution in [0.25, 0.3) is 0 Å². The molecule has 0 saturated carbocycles. The summed E-state index contributed by atoms with van der Waals surface area (Å²) in [6.45, 7) is 0. The second kappa shape index (κ2) is 12.7. The number of hydrogen-bond donors (Lipinski definition) is 1. The molecule has 0 aliphatic rings. The van der Waals surface area contributed by atoms with Crippen molar-refractivity contribution in [1.29, 1.82) is 0 Å². The molecule has 0 radical (unpaired) electrons. The summed E-state index contributed by atoms with van der Waals surface area (Å²) in [6.07, 6.45) is 0. The van der Waals surface area contributed by atoms with Crippen LogP contribution in [0.1, 0.15) is 0 Å². The summed E-state index contributed by atoms with van der Waals surface area (Å²) in [5.41, 5.74) is 0. The van der Waals surface area contributed by atoms with Gasteiger partial charge < -0.3 is 19.1 Å². The monoisotopic (exact) mass is 290 g/mol. The van der Waals surface area contributed by atoms with Crippen molar-refractivity contribution in [3.05, 3.63) is 0 Å². The molecule has 0 aliphatic heterocycles. The standard InChI is InChI=1S/Ca.K.2H2O4S.H2O/c;;2*1-5(2,3)4;/h;;2*(H2,1,2,3,4);1H2/q+2;+1;;;/p-3. The van der Waals surface area contributed by atoms with E-state index in [-0.39, 0.29) is 94.6 Å². The van der Waals surface area contributed by atoms with Crippen LogP contribution in [0, 0.1) is 0 Å². The average Bonchev–Trinajstić information content (AvgIpc) is 1.12. The van der Waals surface area contributed by atoms with E-state index >= 15 is 0 Å². The molecule has 0 unspecified atom stereocenters. The maximum absolute atomic E-state index is 8.63. The van der Waals surface area contributed by atoms with Crippen LogP contribution >= 0.6 is 0 Å². The van der Waals surface area contributed by atoms with E-state index in [1.54, 1.807) is 0 Å². The first-order chi connectivity index (χ1) is 4.00. The Morgan fingerprint density at radius 3 is 0.923 bits per heavy atom. The molecular formula is H3CaKO9S2. The van der Waals surface area contributed by atoms with Crippen LogP contribution in [0.2, 0.25) is 0 Å². The average molecular weight is 290 g/mol. The molecular weight excluding hydrogens is 287 g/mol. The zero-order chi connectivity index (χ0) is 9.00. The fraction of sp³-hybridized carbons (Fsp3) is 0. The maximum atomic E-state index is 8.63. The molecule has 0 spiro atoms. The molecule has 0 heterocycles. The van der Waals surface area contributed by atoms with E-state index in [1.165, 1.54) is 0 Å². The third-order valence-electron chi connectivity index (χ3n) is 0. The molecule has 0 atom stereocenters. The summed E-state index contributed by atoms with van der Waals surface area (Å²) < 4.78 is 66.9. The minimum atomic E-state index is -5.17. The van der Waals surface area contributed by atoms with Crippen molar-refractivity contribution in [2.24, 2.45) is 0 Å². The van der Waals surface area contributed by atoms with Crippen LogP contribution in [0.4, 0.5) is 0 Å². The molecule has 0 rings (SSSR count). The van der Waals surface area contributed by atoms with E-state index in [1.807, 2.05) is 0 Å². The second-order valence-electron chi connectivity index (χ2n) is 0.836. The van der Waals surface area contributed by atoms with Gasteiger partial charge in [-0.1, -0.05) is 0 Å². The molecule has 0 bridgehead atoms. The summed E-state index contributed by atoms with van der Waals surface area (Å²) in [6, 6.07) is 0. The molecule has 0 saturated heterocycles. The van der Waals surface area contributed by atoms with Gasteiger partial charge in [0.15, 0.2) is 0 Å². The number of hydrogen-bond acceptors (Lipinski definition) is 7. The van der Waals surface area contributed by atoms with E-state index in [0.717, 1.165) is 0 Å². The van der Waals surface area contributed by atoms with Crippen molar-refractivity contribution in [2.45, 2.75) is 0 Å². The molecule has 72 valence electrons. The molecule has 13 heteroatoms. The van der Waals surface area contributed by atoms with Gasteiger partial charge in [0, 0.05) is 10.4 Å². The van der Waals surface area contributed by atoms with Gasteiger partial charge in [-0.3, -0.25) is 13.0 Å². The third kappa shape index (κ3) is 344. The van der Waals surface area contributed by atoms with Crippen molar-refractivity contribution in [3.8, 4) is 0 Å². The topological polar surface area (TPSA) is 189 Å². The van der Waals surface area contributed by atoms with Gasteiger partial charge in [-0.2, -0.15) is 0 Å². The van der Waals surface area contributed by atoms with Gasteiger partial charge >= 0.3 is 89.1 Å². The van der Waals surface area contributed by atoms with Crippen molar-refractivity contribution in [2.75, 3.05) is 0 Å². The minimum absolute atomic E-state index is 0. The molecule has 9 nitrogen and oxygen atoms in total. The molecule has 0 aliphatic carbocycles. The second-order valence-corrected chi connectivity index (χ2v) is 2.51. The van der Waals surface area contributed by atoms with Gasteiger partial charge in [-0.05, 0) is 0 Å². The molecule has 3 N–H and O–H groups in total. The SMILES string of the molecule is O.O=S(=O)([O-])O.O=S(=O)([O-])[O-].[Ca+2].[K+]. The maximum Gasteiger partial charge on any atom is 2.00 e. The van der Waals surface area contributed by atoms with Crippen LogP contribution in [-0.4, -0.2) is 78.3 Å². The largest absolute Gasteiger partial charge is 2.00 e. The van der Waals surface area contributed by atoms with Gasteiger partial charge in [0.05, 0.1) is 0 Å². The van der Waals surface area contributed by atoms with E-state index in [2.05, 4.69) is 0 Å². The molecule has 0 aromatic carbocycles. The molecule has 13 heavy (non-hydrogen) atoms. The van der Waals surface area contributed by atoms with Gasteiger partial charge in [-0.15, -0.1) is 0 Å². The van der Waals surface area contributed by atoms with Gasteiger partial charge in [0.25, 0.3) is 0 Å². The Hall–Kier alpha value is 2.60. The molecule has 0 fully saturated rings. The van der Waals surface area contributed by atoms with E-state index in [4.69, 9.17) is 35.0 Å². The van der Waals surface area contributed by atoms with Crippen LogP contribution in [0.15, 0.2) is 0 Å². The fourth-order valence-electron chi connectivity index (χ4n) is 0. The summed E-state index contributed by atoms with van der Waals surface area (Å²) in [7, 11) is -10.1. The first kappa shape index (κ1) is 29.6. The summed E-state index contributed by atoms with van der Waals surface area (Å²) in [5.74, 6) is 0. The van der Waals surface area contributed by atoms with Crippen molar-refractivity contribution < 1.29 is 91.9 Å². The van der Waals surface area contributed by atoms with E-state index in [0.29, 0.717) is 0 Å². The van der Waals surface area contributed by atoms with Crippen LogP contribution in [0.3, 0.4) is 0 Å². The van der Waals surface area contributed by atoms with Crippen LogP contribution < -0.4 is 51.4 Å². The zero-order valence-electron chi connectivity index (χ0n) is 6.33. The van der Waals surface area contributed by atoms with Crippen molar-refractivity contribution in [3.63, 3.8) is 0 Å². The van der Waals surface area contributed by atoms with Crippen LogP contribution in [-0.2, 0) is 20.8 Å². The first-order valence-corrected chi connectivity index (χ1v) is 4.05. The number of rotatable bonds is 0. The molecule has 0 amide bonds. The predicted octanol–water partition coefficient (Wildman–Crippen LogP) is -6.53. The Bertz CT molecular complexity index is 214. The Balaban J connectivity index is -0.0000000267. The summed E-state index contributed by atoms with van der Waals surface area (Å²) >= 11 is 0. The van der Waals surface area contributed by atoms with E-state index in [9.17, 15) is 0 Å². The van der Waals surface area contributed by atoms with E-state index < -0.39 is 20.8 Å². The smallest absolute Gasteiger partial charge is 0.759 e. The molecule has 0 aromatic heterocycles. The first-order valence-electron chi connectivity index (χ1n) is 1.35. The Morgan fingerprint density at radius 2 is 0.923 bits per heavy atom. The minimum Gasteiger partial charge on any atom is -0.759 e. The normalized spacial score (nSPS) is 8.92. The Labute approximate surface area is 147 Å². The van der Waals surface area contributed by atoms with Crippen LogP contribution in [0.5, 0.6) is 0 Å². The van der Waals surface area contributed by atoms with Crippen molar-refractivity contribution >= 4 is 58.5 Å². The molecule has 0 aromatic rings. The van der Waals surface area contributed by atoms with Gasteiger partial charge in [0.1, 0.15) is 0 Å². The Morgan fingerprint density at radius 1 is 0.923 bits per heavy atom. The summed E-state index contributed by atoms with van der Waals surface area (Å²) in [4.78, 5) is 0. The predicted molar refractivity (Wildman–Crippen MR) is 32.2 cm³/mol. The fourth-order valence-corrected chi connectivity index (χ4v) is 0. The van der Waals surface area contributed by atoms with Gasteiger partial charge in [-0.25, -0.2) is 8.42 Å². The Kier molecular flexibility index (Phi) is 28.8.